The van der Waals surface area contributed by atoms with Crippen LogP contribution in [-0.4, -0.2) is 60.7 Å². The van der Waals surface area contributed by atoms with Gasteiger partial charge in [0, 0.05) is 39.3 Å². The number of nitrogens with zero attached hydrogens (tertiary/aromatic N) is 2. The van der Waals surface area contributed by atoms with Crippen LogP contribution in [-0.2, 0) is 6.54 Å². The molecule has 5 heteroatoms. The third-order valence-electron chi connectivity index (χ3n) is 4.76. The van der Waals surface area contributed by atoms with Crippen molar-refractivity contribution in [1.29, 1.82) is 0 Å². The number of benzene rings is 1. The van der Waals surface area contributed by atoms with Crippen LogP contribution in [0.4, 0.5) is 0 Å². The SMILES string of the molecule is Cl.Oc1cccc(CN2CCN(CC3CCNCC3)CC2)c1. The van der Waals surface area contributed by atoms with Gasteiger partial charge in [-0.05, 0) is 49.5 Å². The summed E-state index contributed by atoms with van der Waals surface area (Å²) in [5, 5.41) is 13.0. The fourth-order valence-electron chi connectivity index (χ4n) is 3.47. The molecule has 22 heavy (non-hydrogen) atoms. The molecule has 2 fully saturated rings. The maximum absolute atomic E-state index is 9.54. The largest absolute Gasteiger partial charge is 0.508 e. The second kappa shape index (κ2) is 8.73. The van der Waals surface area contributed by atoms with Gasteiger partial charge >= 0.3 is 0 Å². The van der Waals surface area contributed by atoms with Gasteiger partial charge in [-0.3, -0.25) is 4.90 Å². The maximum atomic E-state index is 9.54. The highest BCUT2D eigenvalue weighted by Crippen LogP contribution is 2.17. The van der Waals surface area contributed by atoms with Crippen molar-refractivity contribution in [3.8, 4) is 5.75 Å². The van der Waals surface area contributed by atoms with Crippen LogP contribution in [0.15, 0.2) is 24.3 Å². The van der Waals surface area contributed by atoms with E-state index in [2.05, 4.69) is 21.2 Å². The summed E-state index contributed by atoms with van der Waals surface area (Å²) in [5.74, 6) is 1.26. The molecule has 2 aliphatic heterocycles. The van der Waals surface area contributed by atoms with E-state index in [-0.39, 0.29) is 12.4 Å². The Hall–Kier alpha value is -0.810. The molecular formula is C17H28ClN3O. The fourth-order valence-corrected chi connectivity index (χ4v) is 3.47. The predicted octanol–water partition coefficient (Wildman–Crippen LogP) is 1.93. The average Bonchev–Trinajstić information content (AvgIpc) is 2.50. The number of phenols is 1. The van der Waals surface area contributed by atoms with Crippen molar-refractivity contribution < 1.29 is 5.11 Å². The molecule has 1 aromatic rings. The number of hydrogen-bond donors (Lipinski definition) is 2. The van der Waals surface area contributed by atoms with Crippen molar-refractivity contribution in [3.63, 3.8) is 0 Å². The van der Waals surface area contributed by atoms with Crippen molar-refractivity contribution in [3.05, 3.63) is 29.8 Å². The minimum atomic E-state index is 0. The molecule has 0 radical (unpaired) electrons. The van der Waals surface area contributed by atoms with Gasteiger partial charge in [-0.1, -0.05) is 12.1 Å². The summed E-state index contributed by atoms with van der Waals surface area (Å²) in [5.41, 5.74) is 1.21. The smallest absolute Gasteiger partial charge is 0.115 e. The topological polar surface area (TPSA) is 38.7 Å². The molecule has 2 N–H and O–H groups in total. The summed E-state index contributed by atoms with van der Waals surface area (Å²) in [7, 11) is 0. The summed E-state index contributed by atoms with van der Waals surface area (Å²) in [4.78, 5) is 5.13. The van der Waals surface area contributed by atoms with Crippen LogP contribution in [0.5, 0.6) is 5.75 Å². The molecule has 2 saturated heterocycles. The molecule has 0 saturated carbocycles. The van der Waals surface area contributed by atoms with E-state index >= 15 is 0 Å². The Morgan fingerprint density at radius 1 is 1.05 bits per heavy atom. The van der Waals surface area contributed by atoms with E-state index in [4.69, 9.17) is 0 Å². The highest BCUT2D eigenvalue weighted by molar-refractivity contribution is 5.85. The van der Waals surface area contributed by atoms with Crippen molar-refractivity contribution in [2.45, 2.75) is 19.4 Å². The van der Waals surface area contributed by atoms with Gasteiger partial charge in [0.1, 0.15) is 5.75 Å². The third-order valence-corrected chi connectivity index (χ3v) is 4.76. The molecule has 0 spiro atoms. The lowest BCUT2D eigenvalue weighted by molar-refractivity contribution is 0.107. The van der Waals surface area contributed by atoms with E-state index in [0.717, 1.165) is 25.6 Å². The van der Waals surface area contributed by atoms with Gasteiger partial charge in [0.15, 0.2) is 0 Å². The van der Waals surface area contributed by atoms with Crippen molar-refractivity contribution >= 4 is 12.4 Å². The third kappa shape index (κ3) is 5.13. The minimum Gasteiger partial charge on any atom is -0.508 e. The van der Waals surface area contributed by atoms with E-state index in [9.17, 15) is 5.11 Å². The molecule has 124 valence electrons. The number of piperazine rings is 1. The molecular weight excluding hydrogens is 298 g/mol. The number of piperidine rings is 1. The number of nitrogens with one attached hydrogen (secondary N) is 1. The van der Waals surface area contributed by atoms with Crippen molar-refractivity contribution in [2.75, 3.05) is 45.8 Å². The Kier molecular flexibility index (Phi) is 6.96. The van der Waals surface area contributed by atoms with E-state index in [1.165, 1.54) is 51.1 Å². The molecule has 1 aromatic carbocycles. The Morgan fingerprint density at radius 2 is 1.73 bits per heavy atom. The molecule has 0 atom stereocenters. The lowest BCUT2D eigenvalue weighted by Gasteiger charge is -2.37. The van der Waals surface area contributed by atoms with Gasteiger partial charge in [-0.15, -0.1) is 12.4 Å². The van der Waals surface area contributed by atoms with Crippen LogP contribution in [0.2, 0.25) is 0 Å². The first-order valence-electron chi connectivity index (χ1n) is 8.23. The Labute approximate surface area is 139 Å². The molecule has 0 aliphatic carbocycles. The van der Waals surface area contributed by atoms with Crippen LogP contribution < -0.4 is 5.32 Å². The first-order valence-corrected chi connectivity index (χ1v) is 8.23. The Bertz CT molecular complexity index is 443. The number of rotatable bonds is 4. The van der Waals surface area contributed by atoms with Gasteiger partial charge in [0.2, 0.25) is 0 Å². The number of phenolic OH excluding ortho intramolecular Hbond substituents is 1. The summed E-state index contributed by atoms with van der Waals surface area (Å²) in [6.45, 7) is 9.27. The van der Waals surface area contributed by atoms with E-state index in [0.29, 0.717) is 5.75 Å². The van der Waals surface area contributed by atoms with Crippen LogP contribution >= 0.6 is 12.4 Å². The monoisotopic (exact) mass is 325 g/mol. The molecule has 4 nitrogen and oxygen atoms in total. The molecule has 2 aliphatic rings. The first kappa shape index (κ1) is 17.5. The molecule has 2 heterocycles. The second-order valence-corrected chi connectivity index (χ2v) is 6.44. The highest BCUT2D eigenvalue weighted by Gasteiger charge is 2.21. The zero-order valence-electron chi connectivity index (χ0n) is 13.2. The summed E-state index contributed by atoms with van der Waals surface area (Å²) in [6, 6.07) is 7.64. The van der Waals surface area contributed by atoms with Crippen LogP contribution in [0.3, 0.4) is 0 Å². The zero-order chi connectivity index (χ0) is 14.5. The average molecular weight is 326 g/mol. The quantitative estimate of drug-likeness (QED) is 0.887. The first-order chi connectivity index (χ1) is 10.3. The van der Waals surface area contributed by atoms with E-state index < -0.39 is 0 Å². The molecule has 0 unspecified atom stereocenters. The van der Waals surface area contributed by atoms with Crippen molar-refractivity contribution in [1.82, 2.24) is 15.1 Å². The second-order valence-electron chi connectivity index (χ2n) is 6.44. The summed E-state index contributed by atoms with van der Waals surface area (Å²) < 4.78 is 0. The molecule has 0 bridgehead atoms. The van der Waals surface area contributed by atoms with Gasteiger partial charge in [-0.2, -0.15) is 0 Å². The summed E-state index contributed by atoms with van der Waals surface area (Å²) >= 11 is 0. The normalized spacial score (nSPS) is 21.5. The van der Waals surface area contributed by atoms with Crippen LogP contribution in [0.25, 0.3) is 0 Å². The van der Waals surface area contributed by atoms with Crippen molar-refractivity contribution in [2.24, 2.45) is 5.92 Å². The van der Waals surface area contributed by atoms with Gasteiger partial charge < -0.3 is 15.3 Å². The molecule has 0 aromatic heterocycles. The van der Waals surface area contributed by atoms with E-state index in [1.807, 2.05) is 12.1 Å². The zero-order valence-corrected chi connectivity index (χ0v) is 14.0. The number of hydrogen-bond acceptors (Lipinski definition) is 4. The van der Waals surface area contributed by atoms with Crippen LogP contribution in [0, 0.1) is 5.92 Å². The summed E-state index contributed by atoms with van der Waals surface area (Å²) in [6.07, 6.45) is 2.67. The molecule has 0 amide bonds. The standard InChI is InChI=1S/C17H27N3O.ClH/c21-17-3-1-2-16(12-17)14-20-10-8-19(9-11-20)13-15-4-6-18-7-5-15;/h1-3,12,15,18,21H,4-11,13-14H2;1H. The van der Waals surface area contributed by atoms with Crippen LogP contribution in [0.1, 0.15) is 18.4 Å². The van der Waals surface area contributed by atoms with Gasteiger partial charge in [0.25, 0.3) is 0 Å². The van der Waals surface area contributed by atoms with Gasteiger partial charge in [-0.25, -0.2) is 0 Å². The molecule has 3 rings (SSSR count). The number of halogens is 1. The van der Waals surface area contributed by atoms with Gasteiger partial charge in [0.05, 0.1) is 0 Å². The fraction of sp³-hybridized carbons (Fsp3) is 0.647. The predicted molar refractivity (Wildman–Crippen MR) is 92.7 cm³/mol. The highest BCUT2D eigenvalue weighted by atomic mass is 35.5. The number of aromatic hydroxyl groups is 1. The minimum absolute atomic E-state index is 0. The van der Waals surface area contributed by atoms with E-state index in [1.54, 1.807) is 6.07 Å². The maximum Gasteiger partial charge on any atom is 0.115 e. The Balaban J connectivity index is 0.00000176. The Morgan fingerprint density at radius 3 is 2.41 bits per heavy atom. The lowest BCUT2D eigenvalue weighted by Crippen LogP contribution is -2.48. The lowest BCUT2D eigenvalue weighted by atomic mass is 9.97.